The predicted octanol–water partition coefficient (Wildman–Crippen LogP) is 4.38. The summed E-state index contributed by atoms with van der Waals surface area (Å²) in [7, 11) is 3.03. The number of ether oxygens (including phenoxy) is 2. The molecule has 22 heavy (non-hydrogen) atoms. The minimum atomic E-state index is -0.454. The van der Waals surface area contributed by atoms with Crippen LogP contribution in [0.1, 0.15) is 40.5 Å². The second-order valence-electron chi connectivity index (χ2n) is 5.91. The largest absolute Gasteiger partial charge is 4.00 e. The molecule has 1 atom stereocenters. The van der Waals surface area contributed by atoms with Crippen LogP contribution in [0.5, 0.6) is 0 Å². The molecular formula is C18H36O2PtSi. The number of hydrogen-bond acceptors (Lipinski definition) is 2. The van der Waals surface area contributed by atoms with E-state index < -0.39 is 9.52 Å². The molecule has 0 N–H and O–H groups in total. The van der Waals surface area contributed by atoms with Gasteiger partial charge >= 0.3 is 21.1 Å². The molecule has 0 fully saturated rings. The molecule has 1 rings (SSSR count). The Labute approximate surface area is 157 Å². The SMILES string of the molecule is CCC([SiH2]C(OC)OC)C1=CC[C-]=C1C(C)(C)C.[CH3-].[CH3-].[CH3-].[Pt+4]. The van der Waals surface area contributed by atoms with E-state index in [1.54, 1.807) is 14.2 Å². The average Bonchev–Trinajstić information content (AvgIpc) is 2.79. The van der Waals surface area contributed by atoms with Gasteiger partial charge < -0.3 is 31.8 Å². The minimum absolute atomic E-state index is 0. The first-order valence-electron chi connectivity index (χ1n) is 6.81. The topological polar surface area (TPSA) is 18.5 Å². The van der Waals surface area contributed by atoms with Crippen LogP contribution in [0.25, 0.3) is 0 Å². The van der Waals surface area contributed by atoms with Crippen LogP contribution in [0.15, 0.2) is 17.2 Å². The fourth-order valence-corrected chi connectivity index (χ4v) is 4.38. The second-order valence-corrected chi connectivity index (χ2v) is 8.03. The molecule has 134 valence electrons. The van der Waals surface area contributed by atoms with Crippen molar-refractivity contribution in [1.29, 1.82) is 0 Å². The van der Waals surface area contributed by atoms with Gasteiger partial charge in [-0.1, -0.05) is 39.7 Å². The third-order valence-electron chi connectivity index (χ3n) is 3.57. The van der Waals surface area contributed by atoms with E-state index in [9.17, 15) is 0 Å². The number of methoxy groups -OCH3 is 2. The van der Waals surface area contributed by atoms with E-state index in [4.69, 9.17) is 9.47 Å². The summed E-state index contributed by atoms with van der Waals surface area (Å²) in [6.07, 6.45) is 8.03. The fourth-order valence-electron chi connectivity index (χ4n) is 2.57. The summed E-state index contributed by atoms with van der Waals surface area (Å²) >= 11 is 0. The molecule has 0 spiro atoms. The molecule has 0 amide bonds. The normalized spacial score (nSPS) is 15.2. The molecule has 0 bridgehead atoms. The Balaban J connectivity index is -0.000000405. The molecule has 0 aromatic carbocycles. The van der Waals surface area contributed by atoms with Gasteiger partial charge in [0.2, 0.25) is 0 Å². The van der Waals surface area contributed by atoms with Gasteiger partial charge in [0.1, 0.15) is 5.91 Å². The minimum Gasteiger partial charge on any atom is -0.360 e. The first kappa shape index (κ1) is 30.2. The summed E-state index contributed by atoms with van der Waals surface area (Å²) in [6.45, 7) is 9.08. The Morgan fingerprint density at radius 2 is 1.68 bits per heavy atom. The zero-order valence-electron chi connectivity index (χ0n) is 16.0. The van der Waals surface area contributed by atoms with Gasteiger partial charge in [0, 0.05) is 14.2 Å². The van der Waals surface area contributed by atoms with Crippen molar-refractivity contribution in [3.63, 3.8) is 0 Å². The van der Waals surface area contributed by atoms with Crippen LogP contribution in [0.2, 0.25) is 5.54 Å². The Kier molecular flexibility index (Phi) is 18.8. The Bertz CT molecular complexity index is 328. The van der Waals surface area contributed by atoms with Gasteiger partial charge in [-0.2, -0.15) is 11.6 Å². The molecule has 2 nitrogen and oxygen atoms in total. The molecule has 0 aliphatic heterocycles. The fraction of sp³-hybridized carbons (Fsp3) is 0.611. The van der Waals surface area contributed by atoms with Gasteiger partial charge in [0.15, 0.2) is 0 Å². The number of allylic oxidation sites excluding steroid dienone is 4. The maximum Gasteiger partial charge on any atom is 4.00 e. The summed E-state index contributed by atoms with van der Waals surface area (Å²) in [5, 5.41) is 0. The Morgan fingerprint density at radius 3 is 2.05 bits per heavy atom. The summed E-state index contributed by atoms with van der Waals surface area (Å²) < 4.78 is 10.8. The van der Waals surface area contributed by atoms with E-state index in [1.165, 1.54) is 17.6 Å². The quantitative estimate of drug-likeness (QED) is 0.302. The van der Waals surface area contributed by atoms with Crippen molar-refractivity contribution in [2.24, 2.45) is 5.41 Å². The zero-order chi connectivity index (χ0) is 13.8. The second kappa shape index (κ2) is 13.7. The van der Waals surface area contributed by atoms with E-state index in [0.29, 0.717) is 5.54 Å². The Hall–Kier alpha value is 0.305. The van der Waals surface area contributed by atoms with Crippen LogP contribution in [0.4, 0.5) is 0 Å². The van der Waals surface area contributed by atoms with Gasteiger partial charge in [-0.25, -0.2) is 5.57 Å². The van der Waals surface area contributed by atoms with Gasteiger partial charge in [0.25, 0.3) is 0 Å². The Morgan fingerprint density at radius 1 is 1.18 bits per heavy atom. The van der Waals surface area contributed by atoms with Gasteiger partial charge in [-0.05, 0) is 5.41 Å². The van der Waals surface area contributed by atoms with Crippen molar-refractivity contribution >= 4 is 9.52 Å². The molecule has 0 saturated heterocycles. The predicted molar refractivity (Wildman–Crippen MR) is 98.5 cm³/mol. The molecule has 4 heteroatoms. The maximum absolute atomic E-state index is 5.39. The van der Waals surface area contributed by atoms with Gasteiger partial charge in [0.05, 0.1) is 9.52 Å². The van der Waals surface area contributed by atoms with Crippen LogP contribution in [0, 0.1) is 33.8 Å². The summed E-state index contributed by atoms with van der Waals surface area (Å²) in [5.41, 5.74) is 3.75. The summed E-state index contributed by atoms with van der Waals surface area (Å²) in [5.74, 6) is 0.0256. The van der Waals surface area contributed by atoms with Crippen LogP contribution in [-0.4, -0.2) is 29.7 Å². The van der Waals surface area contributed by atoms with Crippen LogP contribution in [-0.2, 0) is 30.5 Å². The van der Waals surface area contributed by atoms with Gasteiger partial charge in [-0.15, -0.1) is 6.42 Å². The smallest absolute Gasteiger partial charge is 0.360 e. The summed E-state index contributed by atoms with van der Waals surface area (Å²) in [6, 6.07) is 0. The number of rotatable bonds is 6. The number of hydrogen-bond donors (Lipinski definition) is 0. The standard InChI is InChI=1S/C15H27O2Si.3CH3.Pt/c1-7-13(18-14(16-5)17-6)11-9-8-10-12(11)15(2,3)4;;;;/h9,13-14H,7-8,18H2,1-6H3;3*1H3;/q4*-1;+4. The van der Waals surface area contributed by atoms with Crippen LogP contribution in [0.3, 0.4) is 0 Å². The maximum atomic E-state index is 5.39. The molecule has 1 aliphatic carbocycles. The van der Waals surface area contributed by atoms with E-state index in [0.717, 1.165) is 6.42 Å². The van der Waals surface area contributed by atoms with Crippen LogP contribution >= 0.6 is 0 Å². The van der Waals surface area contributed by atoms with Crippen LogP contribution < -0.4 is 0 Å². The molecule has 0 aromatic rings. The van der Waals surface area contributed by atoms with Crippen molar-refractivity contribution in [2.45, 2.75) is 52.0 Å². The first-order valence-corrected chi connectivity index (χ1v) is 8.44. The van der Waals surface area contributed by atoms with E-state index >= 15 is 0 Å². The van der Waals surface area contributed by atoms with Crippen molar-refractivity contribution in [1.82, 2.24) is 0 Å². The monoisotopic (exact) mass is 507 g/mol. The van der Waals surface area contributed by atoms with E-state index in [2.05, 4.69) is 39.8 Å². The van der Waals surface area contributed by atoms with E-state index in [-0.39, 0.29) is 54.7 Å². The average molecular weight is 508 g/mol. The third-order valence-corrected chi connectivity index (χ3v) is 6.21. The molecule has 1 aliphatic rings. The molecule has 0 radical (unpaired) electrons. The molecule has 0 aromatic heterocycles. The molecule has 1 unspecified atom stereocenters. The van der Waals surface area contributed by atoms with Crippen molar-refractivity contribution < 1.29 is 30.5 Å². The van der Waals surface area contributed by atoms with Gasteiger partial charge in [-0.3, -0.25) is 6.08 Å². The molecular weight excluding hydrogens is 471 g/mol. The first-order chi connectivity index (χ1) is 8.43. The third kappa shape index (κ3) is 8.24. The molecule has 0 saturated carbocycles. The molecule has 0 heterocycles. The summed E-state index contributed by atoms with van der Waals surface area (Å²) in [4.78, 5) is 0. The van der Waals surface area contributed by atoms with E-state index in [1.807, 2.05) is 0 Å². The van der Waals surface area contributed by atoms with Crippen molar-refractivity contribution in [3.8, 4) is 0 Å². The zero-order valence-corrected chi connectivity index (χ0v) is 19.7. The van der Waals surface area contributed by atoms with Crippen molar-refractivity contribution in [3.05, 3.63) is 45.6 Å². The van der Waals surface area contributed by atoms with Crippen molar-refractivity contribution in [2.75, 3.05) is 14.2 Å².